The standard InChI is InChI=1S/C9H16N2O2S3/c1-11(3-4-14-2)16(12,13)9-5-8(6-10)7-15-9/h5,7H,3-4,6,10H2,1-2H3. The molecule has 0 radical (unpaired) electrons. The molecule has 0 spiro atoms. The summed E-state index contributed by atoms with van der Waals surface area (Å²) in [5.41, 5.74) is 6.32. The highest BCUT2D eigenvalue weighted by molar-refractivity contribution is 7.98. The van der Waals surface area contributed by atoms with Crippen molar-refractivity contribution in [3.05, 3.63) is 17.0 Å². The van der Waals surface area contributed by atoms with Gasteiger partial charge in [0.25, 0.3) is 10.0 Å². The lowest BCUT2D eigenvalue weighted by Gasteiger charge is -2.14. The SMILES string of the molecule is CSCCN(C)S(=O)(=O)c1cc(CN)cs1. The molecule has 0 aliphatic rings. The summed E-state index contributed by atoms with van der Waals surface area (Å²) in [6.45, 7) is 0.903. The van der Waals surface area contributed by atoms with Crippen LogP contribution in [0.1, 0.15) is 5.56 Å². The fourth-order valence-electron chi connectivity index (χ4n) is 1.09. The highest BCUT2D eigenvalue weighted by Crippen LogP contribution is 2.23. The lowest BCUT2D eigenvalue weighted by Crippen LogP contribution is -2.28. The van der Waals surface area contributed by atoms with Gasteiger partial charge in [0.05, 0.1) is 0 Å². The zero-order valence-corrected chi connectivity index (χ0v) is 11.8. The van der Waals surface area contributed by atoms with Gasteiger partial charge < -0.3 is 5.73 Å². The van der Waals surface area contributed by atoms with E-state index in [1.807, 2.05) is 6.26 Å². The van der Waals surface area contributed by atoms with Crippen molar-refractivity contribution in [2.45, 2.75) is 10.8 Å². The molecule has 2 N–H and O–H groups in total. The van der Waals surface area contributed by atoms with E-state index in [0.29, 0.717) is 17.3 Å². The van der Waals surface area contributed by atoms with Crippen molar-refractivity contribution in [3.63, 3.8) is 0 Å². The summed E-state index contributed by atoms with van der Waals surface area (Å²) in [6, 6.07) is 1.65. The molecule has 92 valence electrons. The molecule has 0 saturated heterocycles. The van der Waals surface area contributed by atoms with Gasteiger partial charge in [-0.2, -0.15) is 16.1 Å². The number of sulfonamides is 1. The van der Waals surface area contributed by atoms with Gasteiger partial charge in [-0.15, -0.1) is 11.3 Å². The fraction of sp³-hybridized carbons (Fsp3) is 0.556. The molecule has 0 aliphatic heterocycles. The number of nitrogens with two attached hydrogens (primary N) is 1. The van der Waals surface area contributed by atoms with Crippen molar-refractivity contribution in [1.29, 1.82) is 0 Å². The average Bonchev–Trinajstić information content (AvgIpc) is 2.74. The summed E-state index contributed by atoms with van der Waals surface area (Å²) >= 11 is 2.85. The molecule has 0 aromatic carbocycles. The van der Waals surface area contributed by atoms with Crippen molar-refractivity contribution in [1.82, 2.24) is 4.31 Å². The van der Waals surface area contributed by atoms with Crippen molar-refractivity contribution < 1.29 is 8.42 Å². The van der Waals surface area contributed by atoms with Crippen LogP contribution >= 0.6 is 23.1 Å². The lowest BCUT2D eigenvalue weighted by atomic mass is 10.4. The van der Waals surface area contributed by atoms with E-state index in [4.69, 9.17) is 5.73 Å². The zero-order chi connectivity index (χ0) is 12.2. The normalized spacial score (nSPS) is 12.2. The summed E-state index contributed by atoms with van der Waals surface area (Å²) in [5, 5.41) is 1.79. The van der Waals surface area contributed by atoms with Gasteiger partial charge in [0.15, 0.2) is 0 Å². The minimum absolute atomic E-state index is 0.372. The number of nitrogens with zero attached hydrogens (tertiary/aromatic N) is 1. The van der Waals surface area contributed by atoms with Crippen molar-refractivity contribution in [3.8, 4) is 0 Å². The summed E-state index contributed by atoms with van der Waals surface area (Å²) in [7, 11) is -1.71. The number of thiophene rings is 1. The Morgan fingerprint density at radius 2 is 2.25 bits per heavy atom. The maximum atomic E-state index is 12.1. The van der Waals surface area contributed by atoms with Gasteiger partial charge in [-0.1, -0.05) is 0 Å². The molecular formula is C9H16N2O2S3. The Hall–Kier alpha value is -0.0800. The van der Waals surface area contributed by atoms with E-state index in [0.717, 1.165) is 11.3 Å². The van der Waals surface area contributed by atoms with Crippen LogP contribution < -0.4 is 5.73 Å². The van der Waals surface area contributed by atoms with E-state index in [1.54, 1.807) is 30.3 Å². The monoisotopic (exact) mass is 280 g/mol. The van der Waals surface area contributed by atoms with Gasteiger partial charge in [0.1, 0.15) is 4.21 Å². The molecule has 0 atom stereocenters. The Morgan fingerprint density at radius 1 is 1.56 bits per heavy atom. The molecule has 0 saturated carbocycles. The van der Waals surface area contributed by atoms with Crippen LogP contribution in [-0.4, -0.2) is 38.3 Å². The smallest absolute Gasteiger partial charge is 0.252 e. The lowest BCUT2D eigenvalue weighted by molar-refractivity contribution is 0.490. The van der Waals surface area contributed by atoms with Crippen LogP contribution in [-0.2, 0) is 16.6 Å². The predicted molar refractivity (Wildman–Crippen MR) is 70.4 cm³/mol. The van der Waals surface area contributed by atoms with Gasteiger partial charge in [0.2, 0.25) is 0 Å². The second kappa shape index (κ2) is 6.02. The summed E-state index contributed by atoms with van der Waals surface area (Å²) in [5.74, 6) is 0.796. The van der Waals surface area contributed by atoms with Gasteiger partial charge in [-0.3, -0.25) is 0 Å². The highest BCUT2D eigenvalue weighted by atomic mass is 32.2. The van der Waals surface area contributed by atoms with Gasteiger partial charge in [0, 0.05) is 25.9 Å². The van der Waals surface area contributed by atoms with Crippen LogP contribution in [0.25, 0.3) is 0 Å². The van der Waals surface area contributed by atoms with Gasteiger partial charge in [-0.05, 0) is 23.3 Å². The third-order valence-corrected chi connectivity index (χ3v) is 6.05. The number of thioether (sulfide) groups is 1. The Balaban J connectivity index is 2.84. The Bertz CT molecular complexity index is 428. The molecule has 0 fully saturated rings. The Kier molecular flexibility index (Phi) is 5.26. The second-order valence-electron chi connectivity index (χ2n) is 3.30. The molecular weight excluding hydrogens is 264 g/mol. The van der Waals surface area contributed by atoms with Crippen LogP contribution in [0.2, 0.25) is 0 Å². The highest BCUT2D eigenvalue weighted by Gasteiger charge is 2.21. The largest absolute Gasteiger partial charge is 0.326 e. The summed E-state index contributed by atoms with van der Waals surface area (Å²) < 4.78 is 25.9. The molecule has 0 bridgehead atoms. The molecule has 16 heavy (non-hydrogen) atoms. The topological polar surface area (TPSA) is 63.4 Å². The number of hydrogen-bond acceptors (Lipinski definition) is 5. The van der Waals surface area contributed by atoms with Crippen molar-refractivity contribution in [2.24, 2.45) is 5.73 Å². The third kappa shape index (κ3) is 3.21. The molecule has 4 nitrogen and oxygen atoms in total. The maximum absolute atomic E-state index is 12.1. The molecule has 0 unspecified atom stereocenters. The zero-order valence-electron chi connectivity index (χ0n) is 9.34. The molecule has 1 aromatic heterocycles. The Morgan fingerprint density at radius 3 is 2.75 bits per heavy atom. The van der Waals surface area contributed by atoms with E-state index in [1.165, 1.54) is 15.6 Å². The maximum Gasteiger partial charge on any atom is 0.252 e. The summed E-state index contributed by atoms with van der Waals surface area (Å²) in [6.07, 6.45) is 1.96. The first kappa shape index (κ1) is 14.0. The third-order valence-electron chi connectivity index (χ3n) is 2.14. The van der Waals surface area contributed by atoms with E-state index in [9.17, 15) is 8.42 Å². The van der Waals surface area contributed by atoms with Crippen LogP contribution in [0.5, 0.6) is 0 Å². The van der Waals surface area contributed by atoms with E-state index >= 15 is 0 Å². The van der Waals surface area contributed by atoms with Gasteiger partial charge in [-0.25, -0.2) is 8.42 Å². The van der Waals surface area contributed by atoms with E-state index in [2.05, 4.69) is 0 Å². The van der Waals surface area contributed by atoms with Crippen molar-refractivity contribution in [2.75, 3.05) is 25.6 Å². The molecule has 0 aliphatic carbocycles. The quantitative estimate of drug-likeness (QED) is 0.850. The first-order valence-corrected chi connectivity index (χ1v) is 8.46. The number of rotatable bonds is 6. The second-order valence-corrected chi connectivity index (χ2v) is 7.47. The minimum Gasteiger partial charge on any atom is -0.326 e. The van der Waals surface area contributed by atoms with Gasteiger partial charge >= 0.3 is 0 Å². The summed E-state index contributed by atoms with van der Waals surface area (Å²) in [4.78, 5) is 0. The average molecular weight is 280 g/mol. The predicted octanol–water partition coefficient (Wildman–Crippen LogP) is 1.19. The molecule has 1 rings (SSSR count). The molecule has 1 heterocycles. The van der Waals surface area contributed by atoms with E-state index < -0.39 is 10.0 Å². The molecule has 1 aromatic rings. The van der Waals surface area contributed by atoms with Crippen LogP contribution in [0.4, 0.5) is 0 Å². The first-order valence-electron chi connectivity index (χ1n) is 4.75. The fourth-order valence-corrected chi connectivity index (χ4v) is 4.26. The van der Waals surface area contributed by atoms with Crippen molar-refractivity contribution >= 4 is 33.1 Å². The van der Waals surface area contributed by atoms with E-state index in [-0.39, 0.29) is 0 Å². The van der Waals surface area contributed by atoms with Crippen LogP contribution in [0.3, 0.4) is 0 Å². The molecule has 7 heteroatoms. The minimum atomic E-state index is -3.32. The Labute approximate surface area is 105 Å². The first-order chi connectivity index (χ1) is 7.52. The van der Waals surface area contributed by atoms with Crippen LogP contribution in [0, 0.1) is 0 Å². The number of hydrogen-bond donors (Lipinski definition) is 1. The molecule has 0 amide bonds. The van der Waals surface area contributed by atoms with Crippen LogP contribution in [0.15, 0.2) is 15.7 Å².